The van der Waals surface area contributed by atoms with Crippen molar-refractivity contribution >= 4 is 17.3 Å². The zero-order valence-electron chi connectivity index (χ0n) is 11.3. The normalized spacial score (nSPS) is 10.4. The summed E-state index contributed by atoms with van der Waals surface area (Å²) >= 11 is 5.95. The number of nitro benzene ring substituents is 1. The Labute approximate surface area is 127 Å². The second-order valence-electron chi connectivity index (χ2n) is 4.47. The molecule has 0 spiro atoms. The van der Waals surface area contributed by atoms with E-state index in [4.69, 9.17) is 22.1 Å². The lowest BCUT2D eigenvalue weighted by molar-refractivity contribution is -0.385. The zero-order valence-corrected chi connectivity index (χ0v) is 12.0. The van der Waals surface area contributed by atoms with Crippen LogP contribution in [0.4, 0.5) is 5.69 Å². The summed E-state index contributed by atoms with van der Waals surface area (Å²) in [6.45, 7) is 0.596. The lowest BCUT2D eigenvalue weighted by Gasteiger charge is -2.11. The van der Waals surface area contributed by atoms with Gasteiger partial charge in [0.15, 0.2) is 0 Å². The van der Waals surface area contributed by atoms with Crippen LogP contribution in [-0.4, -0.2) is 11.5 Å². The van der Waals surface area contributed by atoms with E-state index < -0.39 is 4.92 Å². The number of nitrogens with two attached hydrogens (primary N) is 1. The summed E-state index contributed by atoms with van der Waals surface area (Å²) in [4.78, 5) is 10.5. The Morgan fingerprint density at radius 1 is 1.19 bits per heavy atom. The molecule has 0 radical (unpaired) electrons. The van der Waals surface area contributed by atoms with Crippen LogP contribution in [0.15, 0.2) is 42.5 Å². The van der Waals surface area contributed by atoms with Crippen LogP contribution in [0.5, 0.6) is 5.75 Å². The lowest BCUT2D eigenvalue weighted by Crippen LogP contribution is -2.06. The smallest absolute Gasteiger partial charge is 0.276 e. The van der Waals surface area contributed by atoms with Crippen LogP contribution >= 0.6 is 11.6 Å². The third-order valence-corrected chi connectivity index (χ3v) is 3.24. The van der Waals surface area contributed by atoms with Gasteiger partial charge in [-0.2, -0.15) is 0 Å². The number of nitrogens with zero attached hydrogens (tertiary/aromatic N) is 1. The van der Waals surface area contributed by atoms with Crippen molar-refractivity contribution in [3.63, 3.8) is 0 Å². The number of ether oxygens (including phenoxy) is 1. The third-order valence-electron chi connectivity index (χ3n) is 3.01. The van der Waals surface area contributed by atoms with Gasteiger partial charge < -0.3 is 10.5 Å². The molecule has 0 aromatic heterocycles. The molecule has 0 aliphatic rings. The molecule has 0 bridgehead atoms. The van der Waals surface area contributed by atoms with Crippen LogP contribution < -0.4 is 10.5 Å². The van der Waals surface area contributed by atoms with E-state index in [2.05, 4.69) is 0 Å². The van der Waals surface area contributed by atoms with Gasteiger partial charge in [-0.25, -0.2) is 0 Å². The van der Waals surface area contributed by atoms with Crippen molar-refractivity contribution in [2.75, 3.05) is 6.54 Å². The number of halogens is 1. The minimum atomic E-state index is -0.415. The van der Waals surface area contributed by atoms with E-state index in [-0.39, 0.29) is 12.3 Å². The summed E-state index contributed by atoms with van der Waals surface area (Å²) in [5.41, 5.74) is 7.03. The molecule has 6 heteroatoms. The topological polar surface area (TPSA) is 78.4 Å². The summed E-state index contributed by atoms with van der Waals surface area (Å²) in [5.74, 6) is 0.642. The number of para-hydroxylation sites is 1. The summed E-state index contributed by atoms with van der Waals surface area (Å²) in [5, 5.41) is 11.6. The number of nitro groups is 1. The Morgan fingerprint density at radius 2 is 1.95 bits per heavy atom. The highest BCUT2D eigenvalue weighted by Gasteiger charge is 2.13. The van der Waals surface area contributed by atoms with Crippen LogP contribution in [0.25, 0.3) is 0 Å². The maximum atomic E-state index is 11.0. The average molecular weight is 307 g/mol. The van der Waals surface area contributed by atoms with Crippen molar-refractivity contribution in [3.05, 3.63) is 68.7 Å². The molecule has 0 saturated heterocycles. The van der Waals surface area contributed by atoms with E-state index in [1.54, 1.807) is 36.4 Å². The Morgan fingerprint density at radius 3 is 2.67 bits per heavy atom. The van der Waals surface area contributed by atoms with Crippen LogP contribution in [-0.2, 0) is 13.0 Å². The summed E-state index contributed by atoms with van der Waals surface area (Å²) in [6, 6.07) is 11.8. The molecule has 0 unspecified atom stereocenters. The fourth-order valence-corrected chi connectivity index (χ4v) is 2.20. The fraction of sp³-hybridized carbons (Fsp3) is 0.200. The number of hydrogen-bond donors (Lipinski definition) is 1. The van der Waals surface area contributed by atoms with E-state index in [1.165, 1.54) is 6.07 Å². The minimum absolute atomic E-state index is 0.0480. The lowest BCUT2D eigenvalue weighted by atomic mass is 10.1. The van der Waals surface area contributed by atoms with Crippen molar-refractivity contribution in [1.82, 2.24) is 0 Å². The number of benzene rings is 2. The van der Waals surface area contributed by atoms with Crippen LogP contribution in [0.2, 0.25) is 5.02 Å². The molecule has 0 aliphatic carbocycles. The van der Waals surface area contributed by atoms with Crippen LogP contribution in [0, 0.1) is 10.1 Å². The van der Waals surface area contributed by atoms with Crippen LogP contribution in [0.1, 0.15) is 11.1 Å². The maximum absolute atomic E-state index is 11.0. The number of hydrogen-bond acceptors (Lipinski definition) is 4. The Bertz CT molecular complexity index is 647. The third kappa shape index (κ3) is 3.93. The largest absolute Gasteiger partial charge is 0.488 e. The first-order chi connectivity index (χ1) is 10.1. The van der Waals surface area contributed by atoms with E-state index in [0.29, 0.717) is 29.3 Å². The van der Waals surface area contributed by atoms with E-state index in [1.807, 2.05) is 0 Å². The molecule has 0 saturated carbocycles. The molecule has 5 nitrogen and oxygen atoms in total. The first kappa shape index (κ1) is 15.3. The molecular weight excluding hydrogens is 292 g/mol. The first-order valence-corrected chi connectivity index (χ1v) is 6.83. The summed E-state index contributed by atoms with van der Waals surface area (Å²) in [6.07, 6.45) is 0.632. The summed E-state index contributed by atoms with van der Waals surface area (Å²) < 4.78 is 5.70. The number of rotatable bonds is 6. The maximum Gasteiger partial charge on any atom is 0.276 e. The van der Waals surface area contributed by atoms with Gasteiger partial charge in [-0.15, -0.1) is 0 Å². The van der Waals surface area contributed by atoms with Gasteiger partial charge in [0.1, 0.15) is 12.4 Å². The summed E-state index contributed by atoms with van der Waals surface area (Å²) in [7, 11) is 0. The molecule has 2 N–H and O–H groups in total. The predicted octanol–water partition coefficient (Wildman–Crippen LogP) is 3.33. The molecule has 2 aromatic rings. The van der Waals surface area contributed by atoms with Gasteiger partial charge in [-0.1, -0.05) is 23.7 Å². The van der Waals surface area contributed by atoms with Crippen LogP contribution in [0.3, 0.4) is 0 Å². The van der Waals surface area contributed by atoms with E-state index in [0.717, 1.165) is 5.56 Å². The zero-order chi connectivity index (χ0) is 15.2. The van der Waals surface area contributed by atoms with Crippen molar-refractivity contribution < 1.29 is 9.66 Å². The highest BCUT2D eigenvalue weighted by molar-refractivity contribution is 6.30. The van der Waals surface area contributed by atoms with Gasteiger partial charge in [0.05, 0.1) is 10.5 Å². The van der Waals surface area contributed by atoms with Gasteiger partial charge in [0.2, 0.25) is 0 Å². The molecule has 0 fully saturated rings. The second kappa shape index (κ2) is 7.06. The molecule has 110 valence electrons. The molecule has 2 aromatic carbocycles. The minimum Gasteiger partial charge on any atom is -0.488 e. The SMILES string of the molecule is NCCc1cc(Cl)ccc1OCc1ccccc1[N+](=O)[O-]. The van der Waals surface area contributed by atoms with Gasteiger partial charge >= 0.3 is 0 Å². The van der Waals surface area contributed by atoms with E-state index in [9.17, 15) is 10.1 Å². The van der Waals surface area contributed by atoms with Crippen molar-refractivity contribution in [3.8, 4) is 5.75 Å². The van der Waals surface area contributed by atoms with Gasteiger partial charge in [0.25, 0.3) is 5.69 Å². The second-order valence-corrected chi connectivity index (χ2v) is 4.90. The predicted molar refractivity (Wildman–Crippen MR) is 81.6 cm³/mol. The molecular formula is C15H15ClN2O3. The highest BCUT2D eigenvalue weighted by atomic mass is 35.5. The molecule has 21 heavy (non-hydrogen) atoms. The molecule has 0 amide bonds. The Kier molecular flexibility index (Phi) is 5.14. The monoisotopic (exact) mass is 306 g/mol. The van der Waals surface area contributed by atoms with Crippen molar-refractivity contribution in [1.29, 1.82) is 0 Å². The van der Waals surface area contributed by atoms with Crippen molar-refractivity contribution in [2.24, 2.45) is 5.73 Å². The first-order valence-electron chi connectivity index (χ1n) is 6.45. The Balaban J connectivity index is 2.19. The van der Waals surface area contributed by atoms with Gasteiger partial charge in [-0.3, -0.25) is 10.1 Å². The molecule has 0 heterocycles. The van der Waals surface area contributed by atoms with E-state index >= 15 is 0 Å². The fourth-order valence-electron chi connectivity index (χ4n) is 2.01. The standard InChI is InChI=1S/C15H15ClN2O3/c16-13-5-6-15(11(9-13)7-8-17)21-10-12-3-1-2-4-14(12)18(19)20/h1-6,9H,7-8,10,17H2. The molecule has 0 aliphatic heterocycles. The quantitative estimate of drug-likeness (QED) is 0.656. The highest BCUT2D eigenvalue weighted by Crippen LogP contribution is 2.26. The van der Waals surface area contributed by atoms with Gasteiger partial charge in [0, 0.05) is 11.1 Å². The molecule has 0 atom stereocenters. The molecule has 2 rings (SSSR count). The van der Waals surface area contributed by atoms with Gasteiger partial charge in [-0.05, 0) is 42.8 Å². The average Bonchev–Trinajstić information content (AvgIpc) is 2.47. The van der Waals surface area contributed by atoms with Crippen molar-refractivity contribution in [2.45, 2.75) is 13.0 Å². The Hall–Kier alpha value is -2.11.